The number of thiazole rings is 1. The number of carbonyl (C=O) groups excluding carboxylic acids is 2. The smallest absolute Gasteiger partial charge is 0.407 e. The van der Waals surface area contributed by atoms with Crippen molar-refractivity contribution in [2.45, 2.75) is 56.2 Å². The van der Waals surface area contributed by atoms with Crippen molar-refractivity contribution in [2.24, 2.45) is 0 Å². The number of sulfone groups is 1. The van der Waals surface area contributed by atoms with E-state index in [1.54, 1.807) is 38.3 Å². The van der Waals surface area contributed by atoms with E-state index >= 15 is 0 Å². The second-order valence-electron chi connectivity index (χ2n) is 10.5. The zero-order chi connectivity index (χ0) is 31.1. The molecule has 2 unspecified atom stereocenters. The molecule has 228 valence electrons. The fourth-order valence-corrected chi connectivity index (χ4v) is 6.41. The topological polar surface area (TPSA) is 181 Å². The van der Waals surface area contributed by atoms with Crippen LogP contribution in [0.25, 0.3) is 0 Å². The first-order valence-electron chi connectivity index (χ1n) is 12.8. The molecular formula is C27H34N4O8S3. The predicted molar refractivity (Wildman–Crippen MR) is 160 cm³/mol. The summed E-state index contributed by atoms with van der Waals surface area (Å²) in [5, 5.41) is 7.52. The average molecular weight is 639 g/mol. The quantitative estimate of drug-likeness (QED) is 0.216. The molecule has 1 heterocycles. The van der Waals surface area contributed by atoms with Gasteiger partial charge in [-0.25, -0.2) is 18.2 Å². The second kappa shape index (κ2) is 13.6. The molecule has 15 heteroatoms. The lowest BCUT2D eigenvalue weighted by Crippen LogP contribution is -2.49. The largest absolute Gasteiger partial charge is 0.453 e. The maximum absolute atomic E-state index is 13.5. The van der Waals surface area contributed by atoms with Gasteiger partial charge in [-0.1, -0.05) is 42.5 Å². The lowest BCUT2D eigenvalue weighted by Gasteiger charge is -2.23. The first-order chi connectivity index (χ1) is 19.6. The first-order valence-corrected chi connectivity index (χ1v) is 16.7. The molecule has 0 radical (unpaired) electrons. The van der Waals surface area contributed by atoms with E-state index in [1.165, 1.54) is 19.2 Å². The van der Waals surface area contributed by atoms with Gasteiger partial charge in [-0.3, -0.25) is 14.1 Å². The van der Waals surface area contributed by atoms with Crippen molar-refractivity contribution in [3.63, 3.8) is 0 Å². The van der Waals surface area contributed by atoms with Crippen LogP contribution in [0, 0.1) is 0 Å². The molecule has 12 nitrogen and oxygen atoms in total. The molecule has 0 fully saturated rings. The number of nitrogens with zero attached hydrogens (tertiary/aromatic N) is 1. The number of carbonyl (C=O) groups is 2. The maximum Gasteiger partial charge on any atom is 0.407 e. The summed E-state index contributed by atoms with van der Waals surface area (Å²) in [6.45, 7) is 4.84. The van der Waals surface area contributed by atoms with Crippen molar-refractivity contribution in [3.8, 4) is 0 Å². The molecule has 2 amide bonds. The van der Waals surface area contributed by atoms with Crippen LogP contribution in [0.2, 0.25) is 0 Å². The highest BCUT2D eigenvalue weighted by Crippen LogP contribution is 2.26. The standard InChI is InChI=1S/C27H34N4O8S3/c1-27(2,3)41(34,35)17-24-28-23(16-40-24)21(14-19-10-12-20(13-11-19)31-42(36,37)38)29-25(32)22(30-26(33)39-4)15-18-8-6-5-7-9-18/h5-13,16,21-22,31H,14-15,17H2,1-4H3,(H,29,32)(H,30,33)(H,36,37,38). The summed E-state index contributed by atoms with van der Waals surface area (Å²) >= 11 is 1.16. The Hall–Kier alpha value is -3.53. The van der Waals surface area contributed by atoms with Gasteiger partial charge in [0.15, 0.2) is 9.84 Å². The number of hydrogen-bond acceptors (Lipinski definition) is 9. The Balaban J connectivity index is 1.91. The number of hydrogen-bond donors (Lipinski definition) is 4. The van der Waals surface area contributed by atoms with Gasteiger partial charge in [0.2, 0.25) is 5.91 Å². The van der Waals surface area contributed by atoms with Gasteiger partial charge in [0.1, 0.15) is 16.8 Å². The number of aromatic nitrogens is 1. The number of methoxy groups -OCH3 is 1. The van der Waals surface area contributed by atoms with Crippen LogP contribution in [0.5, 0.6) is 0 Å². The van der Waals surface area contributed by atoms with Crippen molar-refractivity contribution in [1.29, 1.82) is 0 Å². The molecule has 0 aliphatic rings. The molecule has 0 bridgehead atoms. The van der Waals surface area contributed by atoms with Crippen LogP contribution in [0.1, 0.15) is 48.6 Å². The Morgan fingerprint density at radius 3 is 2.14 bits per heavy atom. The van der Waals surface area contributed by atoms with E-state index in [0.29, 0.717) is 16.3 Å². The molecule has 3 aromatic rings. The van der Waals surface area contributed by atoms with Gasteiger partial charge in [0.25, 0.3) is 0 Å². The van der Waals surface area contributed by atoms with Crippen LogP contribution in [0.3, 0.4) is 0 Å². The van der Waals surface area contributed by atoms with Crippen molar-refractivity contribution in [1.82, 2.24) is 15.6 Å². The minimum atomic E-state index is -4.45. The van der Waals surface area contributed by atoms with Crippen LogP contribution in [-0.2, 0) is 48.3 Å². The number of nitrogens with one attached hydrogen (secondary N) is 3. The van der Waals surface area contributed by atoms with Crippen molar-refractivity contribution < 1.29 is 35.7 Å². The van der Waals surface area contributed by atoms with E-state index in [1.807, 2.05) is 35.1 Å². The number of ether oxygens (including phenoxy) is 1. The Morgan fingerprint density at radius 1 is 0.952 bits per heavy atom. The summed E-state index contributed by atoms with van der Waals surface area (Å²) in [5.41, 5.74) is 2.04. The van der Waals surface area contributed by atoms with Gasteiger partial charge in [-0.15, -0.1) is 11.3 Å². The first kappa shape index (κ1) is 33.0. The molecule has 2 aromatic carbocycles. The summed E-state index contributed by atoms with van der Waals surface area (Å²) in [7, 11) is -6.77. The van der Waals surface area contributed by atoms with E-state index < -0.39 is 49.0 Å². The molecule has 3 rings (SSSR count). The van der Waals surface area contributed by atoms with Crippen LogP contribution >= 0.6 is 11.3 Å². The third-order valence-corrected chi connectivity index (χ3v) is 10.3. The van der Waals surface area contributed by atoms with Crippen LogP contribution < -0.4 is 15.4 Å². The number of alkyl carbamates (subject to hydrolysis) is 1. The minimum Gasteiger partial charge on any atom is -0.453 e. The lowest BCUT2D eigenvalue weighted by atomic mass is 10.0. The Bertz CT molecular complexity index is 1580. The van der Waals surface area contributed by atoms with Crippen LogP contribution in [0.4, 0.5) is 10.5 Å². The SMILES string of the molecule is COC(=O)NC(Cc1ccccc1)C(=O)NC(Cc1ccc(NS(=O)(=O)O)cc1)c1csc(CS(=O)(=O)C(C)(C)C)n1. The number of benzene rings is 2. The zero-order valence-corrected chi connectivity index (χ0v) is 26.0. The number of amides is 2. The molecule has 0 aliphatic heterocycles. The molecule has 1 aromatic heterocycles. The van der Waals surface area contributed by atoms with E-state index in [4.69, 9.17) is 9.29 Å². The van der Waals surface area contributed by atoms with E-state index in [0.717, 1.165) is 16.9 Å². The third kappa shape index (κ3) is 9.79. The third-order valence-electron chi connectivity index (χ3n) is 6.21. The summed E-state index contributed by atoms with van der Waals surface area (Å²) in [6, 6.07) is 13.5. The van der Waals surface area contributed by atoms with Crippen molar-refractivity contribution in [3.05, 3.63) is 81.8 Å². The Kier molecular flexibility index (Phi) is 10.7. The average Bonchev–Trinajstić information content (AvgIpc) is 3.35. The fraction of sp³-hybridized carbons (Fsp3) is 0.370. The summed E-state index contributed by atoms with van der Waals surface area (Å²) in [5.74, 6) is -0.783. The van der Waals surface area contributed by atoms with Gasteiger partial charge in [-0.2, -0.15) is 8.42 Å². The molecule has 0 spiro atoms. The summed E-state index contributed by atoms with van der Waals surface area (Å²) < 4.78 is 62.5. The fourth-order valence-electron chi connectivity index (χ4n) is 3.79. The summed E-state index contributed by atoms with van der Waals surface area (Å²) in [4.78, 5) is 30.1. The Labute approximate surface area is 249 Å². The monoisotopic (exact) mass is 638 g/mol. The van der Waals surface area contributed by atoms with E-state index in [9.17, 15) is 26.4 Å². The van der Waals surface area contributed by atoms with Gasteiger partial charge in [-0.05, 0) is 50.5 Å². The normalized spacial score (nSPS) is 13.5. The molecule has 0 aliphatic carbocycles. The lowest BCUT2D eigenvalue weighted by molar-refractivity contribution is -0.123. The van der Waals surface area contributed by atoms with Crippen LogP contribution in [-0.4, -0.2) is 56.3 Å². The molecule has 2 atom stereocenters. The van der Waals surface area contributed by atoms with Gasteiger partial charge in [0.05, 0.1) is 29.3 Å². The highest BCUT2D eigenvalue weighted by atomic mass is 32.2. The molecule has 0 saturated heterocycles. The zero-order valence-electron chi connectivity index (χ0n) is 23.5. The summed E-state index contributed by atoms with van der Waals surface area (Å²) in [6.07, 6.45) is -0.409. The second-order valence-corrected chi connectivity index (χ2v) is 15.3. The van der Waals surface area contributed by atoms with Gasteiger partial charge >= 0.3 is 16.4 Å². The van der Waals surface area contributed by atoms with Crippen molar-refractivity contribution >= 4 is 49.2 Å². The Morgan fingerprint density at radius 2 is 1.57 bits per heavy atom. The number of rotatable bonds is 12. The molecule has 42 heavy (non-hydrogen) atoms. The highest BCUT2D eigenvalue weighted by molar-refractivity contribution is 7.92. The molecular weight excluding hydrogens is 605 g/mol. The van der Waals surface area contributed by atoms with Gasteiger partial charge in [0, 0.05) is 11.8 Å². The van der Waals surface area contributed by atoms with E-state index in [2.05, 4.69) is 15.6 Å². The molecule has 0 saturated carbocycles. The van der Waals surface area contributed by atoms with Gasteiger partial charge < -0.3 is 15.4 Å². The van der Waals surface area contributed by atoms with Crippen molar-refractivity contribution in [2.75, 3.05) is 11.8 Å². The molecule has 4 N–H and O–H groups in total. The highest BCUT2D eigenvalue weighted by Gasteiger charge is 2.31. The predicted octanol–water partition coefficient (Wildman–Crippen LogP) is 3.44. The van der Waals surface area contributed by atoms with Crippen LogP contribution in [0.15, 0.2) is 60.0 Å². The van der Waals surface area contributed by atoms with E-state index in [-0.39, 0.29) is 24.3 Å². The minimum absolute atomic E-state index is 0.135. The number of anilines is 1. The maximum atomic E-state index is 13.5.